The Morgan fingerprint density at radius 1 is 0.457 bits per heavy atom. The second kappa shape index (κ2) is 10.8. The van der Waals surface area contributed by atoms with Crippen LogP contribution < -0.4 is 0 Å². The Labute approximate surface area is 201 Å². The van der Waals surface area contributed by atoms with Crippen LogP contribution in [0.1, 0.15) is 0 Å². The van der Waals surface area contributed by atoms with E-state index >= 15 is 0 Å². The molecule has 0 unspecified atom stereocenters. The predicted molar refractivity (Wildman–Crippen MR) is 135 cm³/mol. The summed E-state index contributed by atoms with van der Waals surface area (Å²) < 4.78 is 45.6. The maximum Gasteiger partial charge on any atom is 0.673 e. The first-order valence-corrected chi connectivity index (χ1v) is 11.0. The third kappa shape index (κ3) is 6.45. The molecule has 174 valence electrons. The van der Waals surface area contributed by atoms with E-state index in [2.05, 4.69) is 97.1 Å². The molecule has 5 rings (SSSR count). The number of benzene rings is 4. The molecule has 1 nitrogen and oxygen atoms in total. The maximum atomic E-state index is 9.75. The highest BCUT2D eigenvalue weighted by atomic mass is 19.5. The molecule has 35 heavy (non-hydrogen) atoms. The van der Waals surface area contributed by atoms with Gasteiger partial charge >= 0.3 is 18.8 Å². The Kier molecular flexibility index (Phi) is 7.41. The van der Waals surface area contributed by atoms with E-state index in [0.29, 0.717) is 0 Å². The van der Waals surface area contributed by atoms with E-state index < -0.39 is 7.25 Å². The van der Waals surface area contributed by atoms with Gasteiger partial charge in [-0.05, 0) is 35.4 Å². The minimum absolute atomic E-state index is 0.855. The summed E-state index contributed by atoms with van der Waals surface area (Å²) in [6.07, 6.45) is 0. The number of hydrogen-bond donors (Lipinski definition) is 0. The summed E-state index contributed by atoms with van der Waals surface area (Å²) >= 11 is 0. The van der Waals surface area contributed by atoms with Crippen molar-refractivity contribution in [3.8, 4) is 44.9 Å². The Morgan fingerprint density at radius 2 is 0.829 bits per heavy atom. The van der Waals surface area contributed by atoms with Crippen LogP contribution in [-0.4, -0.2) is 7.25 Å². The standard InChI is InChI=1S/C29H21O.BF4/c1-5-13-22(14-6-1)26-21-27(23-15-7-2-8-16-23)30-29(25-19-11-4-12-20-25)28(26)24-17-9-3-10-18-24;2-1(3,4)5/h1-21H;/q+1;-1. The Balaban J connectivity index is 0.000000527. The largest absolute Gasteiger partial charge is 0.673 e. The molecule has 5 aromatic rings. The fraction of sp³-hybridized carbons (Fsp3) is 0. The molecule has 0 radical (unpaired) electrons. The lowest BCUT2D eigenvalue weighted by Gasteiger charge is -2.10. The summed E-state index contributed by atoms with van der Waals surface area (Å²) in [5.41, 5.74) is 6.69. The smallest absolute Gasteiger partial charge is 0.418 e. The fourth-order valence-corrected chi connectivity index (χ4v) is 3.79. The van der Waals surface area contributed by atoms with Crippen molar-refractivity contribution in [3.63, 3.8) is 0 Å². The summed E-state index contributed by atoms with van der Waals surface area (Å²) in [5, 5.41) is 0. The zero-order chi connectivity index (χ0) is 24.7. The van der Waals surface area contributed by atoms with Crippen molar-refractivity contribution < 1.29 is 21.7 Å². The molecule has 0 spiro atoms. The van der Waals surface area contributed by atoms with Gasteiger partial charge in [0.1, 0.15) is 0 Å². The number of rotatable bonds is 4. The molecule has 0 saturated carbocycles. The molecule has 0 N–H and O–H groups in total. The van der Waals surface area contributed by atoms with Crippen molar-refractivity contribution >= 4 is 7.25 Å². The zero-order valence-corrected chi connectivity index (χ0v) is 18.6. The van der Waals surface area contributed by atoms with E-state index in [1.54, 1.807) is 0 Å². The molecule has 0 atom stereocenters. The quantitative estimate of drug-likeness (QED) is 0.144. The van der Waals surface area contributed by atoms with E-state index in [0.717, 1.165) is 39.3 Å². The molecule has 1 aromatic heterocycles. The summed E-state index contributed by atoms with van der Waals surface area (Å²) in [6, 6.07) is 43.8. The van der Waals surface area contributed by atoms with Crippen molar-refractivity contribution in [2.24, 2.45) is 0 Å². The Morgan fingerprint density at radius 3 is 1.29 bits per heavy atom. The molecular weight excluding hydrogens is 451 g/mol. The lowest BCUT2D eigenvalue weighted by molar-refractivity contribution is 0.368. The van der Waals surface area contributed by atoms with Crippen LogP contribution in [-0.2, 0) is 0 Å². The molecule has 0 saturated heterocycles. The van der Waals surface area contributed by atoms with Gasteiger partial charge in [0.25, 0.3) is 0 Å². The fourth-order valence-electron chi connectivity index (χ4n) is 3.79. The summed E-state index contributed by atoms with van der Waals surface area (Å²) in [5.74, 6) is 1.73. The van der Waals surface area contributed by atoms with Crippen LogP contribution in [0.15, 0.2) is 132 Å². The molecule has 0 amide bonds. The molecule has 0 bridgehead atoms. The first-order valence-electron chi connectivity index (χ1n) is 11.0. The van der Waals surface area contributed by atoms with E-state index in [9.17, 15) is 17.3 Å². The van der Waals surface area contributed by atoms with Crippen LogP contribution in [0.4, 0.5) is 17.3 Å². The van der Waals surface area contributed by atoms with E-state index in [1.165, 1.54) is 5.56 Å². The van der Waals surface area contributed by atoms with Gasteiger partial charge in [-0.25, -0.2) is 4.42 Å². The molecular formula is C29H21BF4O. The summed E-state index contributed by atoms with van der Waals surface area (Å²) in [6.45, 7) is 0. The lowest BCUT2D eigenvalue weighted by atomic mass is 9.91. The molecule has 0 fully saturated rings. The van der Waals surface area contributed by atoms with Crippen LogP contribution in [0.3, 0.4) is 0 Å². The van der Waals surface area contributed by atoms with Crippen LogP contribution in [0.2, 0.25) is 0 Å². The second-order valence-electron chi connectivity index (χ2n) is 7.69. The van der Waals surface area contributed by atoms with Gasteiger partial charge in [-0.1, -0.05) is 97.1 Å². The van der Waals surface area contributed by atoms with Crippen molar-refractivity contribution in [2.75, 3.05) is 0 Å². The van der Waals surface area contributed by atoms with Gasteiger partial charge in [-0.15, -0.1) is 0 Å². The molecule has 0 aliphatic rings. The predicted octanol–water partition coefficient (Wildman–Crippen LogP) is 9.53. The maximum absolute atomic E-state index is 9.75. The monoisotopic (exact) mass is 472 g/mol. The van der Waals surface area contributed by atoms with Crippen molar-refractivity contribution in [1.29, 1.82) is 0 Å². The third-order valence-corrected chi connectivity index (χ3v) is 5.23. The highest BCUT2D eigenvalue weighted by Gasteiger charge is 2.28. The van der Waals surface area contributed by atoms with Gasteiger partial charge < -0.3 is 17.3 Å². The van der Waals surface area contributed by atoms with Crippen molar-refractivity contribution in [3.05, 3.63) is 127 Å². The zero-order valence-electron chi connectivity index (χ0n) is 18.6. The van der Waals surface area contributed by atoms with Crippen molar-refractivity contribution in [1.82, 2.24) is 0 Å². The Hall–Kier alpha value is -4.19. The van der Waals surface area contributed by atoms with Gasteiger partial charge in [0.05, 0.1) is 22.8 Å². The topological polar surface area (TPSA) is 11.3 Å². The van der Waals surface area contributed by atoms with Crippen molar-refractivity contribution in [2.45, 2.75) is 0 Å². The average Bonchev–Trinajstić information content (AvgIpc) is 2.89. The first-order chi connectivity index (χ1) is 16.9. The Bertz CT molecular complexity index is 1290. The summed E-state index contributed by atoms with van der Waals surface area (Å²) in [4.78, 5) is 0. The van der Waals surface area contributed by atoms with Gasteiger partial charge in [-0.2, -0.15) is 0 Å². The highest BCUT2D eigenvalue weighted by Crippen LogP contribution is 2.43. The number of halogens is 4. The lowest BCUT2D eigenvalue weighted by Crippen LogP contribution is -2.02. The second-order valence-corrected chi connectivity index (χ2v) is 7.69. The highest BCUT2D eigenvalue weighted by molar-refractivity contribution is 6.50. The molecule has 4 aromatic carbocycles. The van der Waals surface area contributed by atoms with Gasteiger partial charge in [0.2, 0.25) is 0 Å². The van der Waals surface area contributed by atoms with Crippen LogP contribution in [0.5, 0.6) is 0 Å². The summed E-state index contributed by atoms with van der Waals surface area (Å²) in [7, 11) is -6.00. The first kappa shape index (κ1) is 24.0. The average molecular weight is 472 g/mol. The SMILES string of the molecule is F[B-](F)(F)F.c1ccc(-c2cc(-c3ccccc3)c(-c3ccccc3)c(-c3ccccc3)[o+]2)cc1. The molecule has 1 heterocycles. The molecule has 0 aliphatic carbocycles. The van der Waals surface area contributed by atoms with E-state index in [-0.39, 0.29) is 0 Å². The van der Waals surface area contributed by atoms with Gasteiger partial charge in [0.15, 0.2) is 0 Å². The van der Waals surface area contributed by atoms with Crippen LogP contribution in [0, 0.1) is 0 Å². The minimum Gasteiger partial charge on any atom is -0.418 e. The van der Waals surface area contributed by atoms with Crippen LogP contribution >= 0.6 is 0 Å². The number of hydrogen-bond acceptors (Lipinski definition) is 0. The third-order valence-electron chi connectivity index (χ3n) is 5.23. The van der Waals surface area contributed by atoms with E-state index in [4.69, 9.17) is 4.42 Å². The van der Waals surface area contributed by atoms with Gasteiger partial charge in [0, 0.05) is 5.56 Å². The normalized spacial score (nSPS) is 10.9. The molecule has 6 heteroatoms. The minimum atomic E-state index is -6.00. The van der Waals surface area contributed by atoms with E-state index in [1.807, 2.05) is 30.3 Å². The molecule has 0 aliphatic heterocycles. The van der Waals surface area contributed by atoms with Gasteiger partial charge in [-0.3, -0.25) is 0 Å². The van der Waals surface area contributed by atoms with Crippen LogP contribution in [0.25, 0.3) is 44.9 Å².